The Bertz CT molecular complexity index is 4360. The van der Waals surface area contributed by atoms with Crippen LogP contribution in [0.3, 0.4) is 0 Å². The quantitative estimate of drug-likeness (QED) is 0.173. The number of halogens is 3. The predicted molar refractivity (Wildman–Crippen MR) is 284 cm³/mol. The third-order valence-corrected chi connectivity index (χ3v) is 14.5. The number of rotatable bonds is 5. The molecule has 10 aromatic carbocycles. The molecule has 0 aliphatic rings. The van der Waals surface area contributed by atoms with E-state index in [0.717, 1.165) is 111 Å². The highest BCUT2D eigenvalue weighted by atomic mass is 19.4. The summed E-state index contributed by atoms with van der Waals surface area (Å²) >= 11 is 0. The number of nitriles is 2. The van der Waals surface area contributed by atoms with Crippen molar-refractivity contribution in [1.29, 1.82) is 10.5 Å². The Morgan fingerprint density at radius 2 is 0.681 bits per heavy atom. The van der Waals surface area contributed by atoms with Crippen LogP contribution in [0.15, 0.2) is 212 Å². The summed E-state index contributed by atoms with van der Waals surface area (Å²) in [5.41, 5.74) is 10.6. The molecular weight excluding hydrogens is 898 g/mol. The van der Waals surface area contributed by atoms with E-state index in [0.29, 0.717) is 28.1 Å². The Morgan fingerprint density at radius 3 is 1.04 bits per heavy atom. The number of para-hydroxylation sites is 6. The number of hydrogen-bond acceptors (Lipinski definition) is 2. The topological polar surface area (TPSA) is 67.3 Å². The first-order valence-electron chi connectivity index (χ1n) is 23.5. The molecule has 0 unspecified atom stereocenters. The van der Waals surface area contributed by atoms with Gasteiger partial charge in [-0.3, -0.25) is 0 Å². The lowest BCUT2D eigenvalue weighted by atomic mass is 9.95. The molecule has 0 aliphatic carbocycles. The number of hydrogen-bond donors (Lipinski definition) is 0. The van der Waals surface area contributed by atoms with Crippen molar-refractivity contribution in [3.63, 3.8) is 0 Å². The maximum absolute atomic E-state index is 14.2. The molecule has 0 fully saturated rings. The maximum Gasteiger partial charge on any atom is 0.416 e. The molecule has 0 radical (unpaired) electrons. The average molecular weight is 933 g/mol. The lowest BCUT2D eigenvalue weighted by molar-refractivity contribution is -0.137. The van der Waals surface area contributed by atoms with Gasteiger partial charge in [0.25, 0.3) is 0 Å². The molecule has 14 rings (SSSR count). The maximum atomic E-state index is 14.2. The second-order valence-corrected chi connectivity index (χ2v) is 18.2. The van der Waals surface area contributed by atoms with Crippen LogP contribution in [0.5, 0.6) is 0 Å². The lowest BCUT2D eigenvalue weighted by Crippen LogP contribution is -2.07. The SMILES string of the molecule is N#Cc1cc(C(F)(F)F)ccc1-c1cc(-n2c3ccccc3c3cc(-n4c5ccccc5c5ccccc54)ccc32)c(C#N)c(-n2c3ccccc3c3cc(-n4c5ccccc5c5ccccc54)ccc32)c1. The minimum absolute atomic E-state index is 0.137. The summed E-state index contributed by atoms with van der Waals surface area (Å²) in [5, 5.41) is 30.6. The van der Waals surface area contributed by atoms with Crippen molar-refractivity contribution in [2.24, 2.45) is 0 Å². The number of alkyl halides is 3. The zero-order valence-electron chi connectivity index (χ0n) is 38.0. The Morgan fingerprint density at radius 1 is 0.333 bits per heavy atom. The minimum Gasteiger partial charge on any atom is -0.309 e. The summed E-state index contributed by atoms with van der Waals surface area (Å²) in [6.45, 7) is 0. The van der Waals surface area contributed by atoms with Crippen molar-refractivity contribution < 1.29 is 13.2 Å². The fraction of sp³-hybridized carbons (Fsp3) is 0.0159. The molecular formula is C63H35F3N6. The van der Waals surface area contributed by atoms with Crippen LogP contribution in [-0.2, 0) is 6.18 Å². The zero-order chi connectivity index (χ0) is 48.4. The largest absolute Gasteiger partial charge is 0.416 e. The normalized spacial score (nSPS) is 12.1. The van der Waals surface area contributed by atoms with Gasteiger partial charge in [0.1, 0.15) is 11.6 Å². The molecule has 0 spiro atoms. The van der Waals surface area contributed by atoms with E-state index in [1.807, 2.05) is 72.8 Å². The first kappa shape index (κ1) is 41.2. The van der Waals surface area contributed by atoms with Crippen molar-refractivity contribution in [3.05, 3.63) is 229 Å². The molecule has 6 nitrogen and oxygen atoms in total. The number of aromatic nitrogens is 4. The van der Waals surface area contributed by atoms with E-state index in [-0.39, 0.29) is 5.56 Å². The molecule has 9 heteroatoms. The summed E-state index contributed by atoms with van der Waals surface area (Å²) in [7, 11) is 0. The fourth-order valence-electron chi connectivity index (χ4n) is 11.4. The Kier molecular flexibility index (Phi) is 8.77. The molecule has 72 heavy (non-hydrogen) atoms. The van der Waals surface area contributed by atoms with Gasteiger partial charge in [-0.25, -0.2) is 0 Å². The molecule has 338 valence electrons. The smallest absolute Gasteiger partial charge is 0.309 e. The highest BCUT2D eigenvalue weighted by Crippen LogP contribution is 2.44. The second-order valence-electron chi connectivity index (χ2n) is 18.2. The third-order valence-electron chi connectivity index (χ3n) is 14.5. The lowest BCUT2D eigenvalue weighted by Gasteiger charge is -2.19. The van der Waals surface area contributed by atoms with E-state index < -0.39 is 11.7 Å². The molecule has 4 heterocycles. The molecule has 0 amide bonds. The van der Waals surface area contributed by atoms with Gasteiger partial charge in [-0.15, -0.1) is 0 Å². The molecule has 0 atom stereocenters. The van der Waals surface area contributed by atoms with Gasteiger partial charge in [0.05, 0.1) is 72.7 Å². The van der Waals surface area contributed by atoms with E-state index in [4.69, 9.17) is 0 Å². The van der Waals surface area contributed by atoms with Gasteiger partial charge in [0.2, 0.25) is 0 Å². The van der Waals surface area contributed by atoms with E-state index in [1.165, 1.54) is 6.07 Å². The standard InChI is InChI=1S/C63H35F3N6/c64-63(65,66)40-25-28-43(39(31-40)36-67)38-32-61(71-57-23-11-5-17-48(57)50-34-41(26-29-59(50)71)69-53-19-7-1-13-44(53)45-14-2-8-20-54(45)69)52(37-68)62(33-38)72-58-24-12-6-18-49(58)51-35-42(27-30-60(51)72)70-55-21-9-3-15-46(55)47-16-4-10-22-56(47)70/h1-35H. The van der Waals surface area contributed by atoms with E-state index in [2.05, 4.69) is 152 Å². The number of benzene rings is 10. The van der Waals surface area contributed by atoms with Crippen molar-refractivity contribution in [2.75, 3.05) is 0 Å². The summed E-state index contributed by atoms with van der Waals surface area (Å²) in [4.78, 5) is 0. The molecule has 4 aromatic heterocycles. The van der Waals surface area contributed by atoms with Crippen LogP contribution in [0.4, 0.5) is 13.2 Å². The van der Waals surface area contributed by atoms with Gasteiger partial charge < -0.3 is 18.3 Å². The molecule has 14 aromatic rings. The van der Waals surface area contributed by atoms with Crippen LogP contribution in [0.2, 0.25) is 0 Å². The van der Waals surface area contributed by atoms with Gasteiger partial charge in [-0.05, 0) is 108 Å². The molecule has 0 N–H and O–H groups in total. The van der Waals surface area contributed by atoms with Crippen LogP contribution in [0.1, 0.15) is 16.7 Å². The van der Waals surface area contributed by atoms with Crippen LogP contribution in [0.25, 0.3) is 121 Å². The summed E-state index contributed by atoms with van der Waals surface area (Å²) < 4.78 is 51.4. The van der Waals surface area contributed by atoms with Crippen LogP contribution in [-0.4, -0.2) is 18.3 Å². The van der Waals surface area contributed by atoms with Gasteiger partial charge in [-0.2, -0.15) is 23.7 Å². The summed E-state index contributed by atoms with van der Waals surface area (Å²) in [5.74, 6) is 0. The number of fused-ring (bicyclic) bond motifs is 12. The van der Waals surface area contributed by atoms with E-state index in [9.17, 15) is 23.7 Å². The monoisotopic (exact) mass is 932 g/mol. The fourth-order valence-corrected chi connectivity index (χ4v) is 11.4. The Balaban J connectivity index is 1.06. The zero-order valence-corrected chi connectivity index (χ0v) is 38.0. The van der Waals surface area contributed by atoms with E-state index in [1.54, 1.807) is 0 Å². The Hall–Kier alpha value is -9.83. The molecule has 0 aliphatic heterocycles. The Labute approximate surface area is 408 Å². The van der Waals surface area contributed by atoms with Crippen molar-refractivity contribution in [2.45, 2.75) is 6.18 Å². The van der Waals surface area contributed by atoms with Gasteiger partial charge >= 0.3 is 6.18 Å². The third kappa shape index (κ3) is 5.89. The van der Waals surface area contributed by atoms with Crippen molar-refractivity contribution >= 4 is 87.2 Å². The highest BCUT2D eigenvalue weighted by Gasteiger charge is 2.32. The first-order valence-corrected chi connectivity index (χ1v) is 23.5. The van der Waals surface area contributed by atoms with Gasteiger partial charge in [0, 0.05) is 54.5 Å². The highest BCUT2D eigenvalue weighted by molar-refractivity contribution is 6.14. The van der Waals surface area contributed by atoms with Crippen LogP contribution in [0, 0.1) is 22.7 Å². The first-order chi connectivity index (χ1) is 35.3. The van der Waals surface area contributed by atoms with Crippen molar-refractivity contribution in [3.8, 4) is 46.0 Å². The van der Waals surface area contributed by atoms with E-state index >= 15 is 0 Å². The van der Waals surface area contributed by atoms with Crippen LogP contribution >= 0.6 is 0 Å². The van der Waals surface area contributed by atoms with Crippen LogP contribution < -0.4 is 0 Å². The van der Waals surface area contributed by atoms with Gasteiger partial charge in [0.15, 0.2) is 0 Å². The molecule has 0 saturated heterocycles. The number of nitrogens with zero attached hydrogens (tertiary/aromatic N) is 6. The molecule has 0 saturated carbocycles. The van der Waals surface area contributed by atoms with Crippen molar-refractivity contribution in [1.82, 2.24) is 18.3 Å². The predicted octanol–water partition coefficient (Wildman–Crippen LogP) is 16.5. The molecule has 0 bridgehead atoms. The minimum atomic E-state index is -4.66. The van der Waals surface area contributed by atoms with Gasteiger partial charge in [-0.1, -0.05) is 115 Å². The second kappa shape index (κ2) is 15.3. The summed E-state index contributed by atoms with van der Waals surface area (Å²) in [6.07, 6.45) is -4.66. The summed E-state index contributed by atoms with van der Waals surface area (Å²) in [6, 6.07) is 74.0. The average Bonchev–Trinajstić information content (AvgIpc) is 4.15.